The molecule has 29 heavy (non-hydrogen) atoms. The molecule has 1 aromatic carbocycles. The molecule has 1 aromatic rings. The van der Waals surface area contributed by atoms with Gasteiger partial charge in [-0.05, 0) is 98.8 Å². The Morgan fingerprint density at radius 3 is 2.62 bits per heavy atom. The number of hydrogen-bond donors (Lipinski definition) is 1. The lowest BCUT2D eigenvalue weighted by Crippen LogP contribution is -2.38. The van der Waals surface area contributed by atoms with E-state index in [1.54, 1.807) is 0 Å². The van der Waals surface area contributed by atoms with E-state index in [2.05, 4.69) is 41.6 Å². The van der Waals surface area contributed by atoms with Crippen LogP contribution in [0.5, 0.6) is 0 Å². The Hall–Kier alpha value is -1.13. The fourth-order valence-corrected chi connectivity index (χ4v) is 8.78. The number of amides is 1. The molecule has 0 spiro atoms. The summed E-state index contributed by atoms with van der Waals surface area (Å²) in [5, 5.41) is 0.633. The number of nitrogens with zero attached hydrogens (tertiary/aromatic N) is 1. The molecule has 5 aliphatic rings. The third-order valence-corrected chi connectivity index (χ3v) is 10.1. The van der Waals surface area contributed by atoms with Gasteiger partial charge in [0, 0.05) is 11.5 Å². The summed E-state index contributed by atoms with van der Waals surface area (Å²) in [5.74, 6) is 2.49. The number of nitrogens with two attached hydrogens (primary N) is 1. The third-order valence-electron chi connectivity index (χ3n) is 8.83. The minimum absolute atomic E-state index is 0.197. The fourth-order valence-electron chi connectivity index (χ4n) is 7.52. The zero-order valence-corrected chi connectivity index (χ0v) is 18.4. The van der Waals surface area contributed by atoms with Gasteiger partial charge in [0.05, 0.1) is 5.41 Å². The van der Waals surface area contributed by atoms with Gasteiger partial charge in [-0.3, -0.25) is 4.79 Å². The van der Waals surface area contributed by atoms with Crippen LogP contribution in [0, 0.1) is 29.1 Å². The number of benzene rings is 1. The monoisotopic (exact) mass is 410 g/mol. The number of thioether (sulfide) groups is 1. The van der Waals surface area contributed by atoms with Gasteiger partial charge in [-0.15, -0.1) is 0 Å². The van der Waals surface area contributed by atoms with Crippen LogP contribution in [0.15, 0.2) is 35.3 Å². The second kappa shape index (κ2) is 7.53. The zero-order chi connectivity index (χ0) is 20.1. The summed E-state index contributed by atoms with van der Waals surface area (Å²) in [5.41, 5.74) is 7.27. The quantitative estimate of drug-likeness (QED) is 0.707. The van der Waals surface area contributed by atoms with Gasteiger partial charge >= 0.3 is 0 Å². The molecule has 5 fully saturated rings. The maximum atomic E-state index is 13.6. The second-order valence-electron chi connectivity index (χ2n) is 10.3. The molecule has 0 heterocycles. The van der Waals surface area contributed by atoms with E-state index in [0.717, 1.165) is 32.2 Å². The van der Waals surface area contributed by atoms with E-state index in [-0.39, 0.29) is 16.7 Å². The van der Waals surface area contributed by atoms with Crippen molar-refractivity contribution in [2.24, 2.45) is 39.8 Å². The largest absolute Gasteiger partial charge is 0.330 e. The average Bonchev–Trinajstić information content (AvgIpc) is 3.14. The number of rotatable bonds is 5. The minimum Gasteiger partial charge on any atom is -0.330 e. The molecule has 0 radical (unpaired) electrons. The molecule has 156 valence electrons. The van der Waals surface area contributed by atoms with Crippen molar-refractivity contribution in [2.75, 3.05) is 12.8 Å². The highest BCUT2D eigenvalue weighted by atomic mass is 32.2. The molecular formula is C25H34N2OS. The number of carbonyl (C=O) groups excluding carboxylic acids is 1. The lowest BCUT2D eigenvalue weighted by molar-refractivity contribution is -0.129. The van der Waals surface area contributed by atoms with Crippen LogP contribution in [-0.4, -0.2) is 30.2 Å². The van der Waals surface area contributed by atoms with Crippen LogP contribution in [0.4, 0.5) is 0 Å². The number of hydrogen-bond acceptors (Lipinski definition) is 3. The predicted molar refractivity (Wildman–Crippen MR) is 121 cm³/mol. The molecule has 1 amide bonds. The Kier molecular flexibility index (Phi) is 5.14. The van der Waals surface area contributed by atoms with Gasteiger partial charge in [0.1, 0.15) is 0 Å². The van der Waals surface area contributed by atoms with Crippen molar-refractivity contribution in [1.82, 2.24) is 0 Å². The Bertz CT molecular complexity index is 787. The molecule has 5 atom stereocenters. The molecular weight excluding hydrogens is 376 g/mol. The summed E-state index contributed by atoms with van der Waals surface area (Å²) < 4.78 is 0. The van der Waals surface area contributed by atoms with Crippen LogP contribution in [0.3, 0.4) is 0 Å². The van der Waals surface area contributed by atoms with Crippen LogP contribution in [0.1, 0.15) is 56.9 Å². The molecule has 0 aromatic heterocycles. The van der Waals surface area contributed by atoms with E-state index < -0.39 is 0 Å². The van der Waals surface area contributed by atoms with Crippen LogP contribution in [0.2, 0.25) is 0 Å². The van der Waals surface area contributed by atoms with E-state index in [1.807, 2.05) is 18.0 Å². The van der Waals surface area contributed by atoms with Crippen molar-refractivity contribution in [2.45, 2.75) is 62.0 Å². The standard InChI is InChI=1S/C25H34N2OS/c1-29-22-19-11-24(20-5-3-2-4-6-20)13-21(22)25(12-19,16-24)23(28)27-15-18-9-7-17(14-26)8-10-18/h2-6,15,17-19,21-22H,7-14,16,26H2,1H3. The van der Waals surface area contributed by atoms with Crippen molar-refractivity contribution in [1.29, 1.82) is 0 Å². The van der Waals surface area contributed by atoms with Gasteiger partial charge in [0.25, 0.3) is 5.91 Å². The van der Waals surface area contributed by atoms with Crippen LogP contribution >= 0.6 is 11.8 Å². The van der Waals surface area contributed by atoms with Crippen molar-refractivity contribution >= 4 is 23.9 Å². The minimum atomic E-state index is -0.211. The highest BCUT2D eigenvalue weighted by Crippen LogP contribution is 2.72. The topological polar surface area (TPSA) is 55.5 Å². The van der Waals surface area contributed by atoms with Gasteiger partial charge in [-0.1, -0.05) is 30.3 Å². The summed E-state index contributed by atoms with van der Waals surface area (Å²) in [6, 6.07) is 11.0. The second-order valence-corrected chi connectivity index (χ2v) is 11.3. The summed E-state index contributed by atoms with van der Waals surface area (Å²) in [4.78, 5) is 18.2. The first-order valence-electron chi connectivity index (χ1n) is 11.5. The molecule has 0 saturated heterocycles. The molecule has 4 heteroatoms. The van der Waals surface area contributed by atoms with Crippen molar-refractivity contribution < 1.29 is 4.79 Å². The molecule has 3 nitrogen and oxygen atoms in total. The van der Waals surface area contributed by atoms with E-state index in [0.29, 0.717) is 28.9 Å². The van der Waals surface area contributed by atoms with Crippen LogP contribution in [-0.2, 0) is 10.2 Å². The molecule has 0 aliphatic heterocycles. The molecule has 5 aliphatic carbocycles. The van der Waals surface area contributed by atoms with E-state index in [4.69, 9.17) is 5.73 Å². The van der Waals surface area contributed by atoms with Gasteiger partial charge in [0.15, 0.2) is 0 Å². The summed E-state index contributed by atoms with van der Waals surface area (Å²) in [6.07, 6.45) is 13.4. The molecule has 2 N–H and O–H groups in total. The Morgan fingerprint density at radius 1 is 1.17 bits per heavy atom. The lowest BCUT2D eigenvalue weighted by atomic mass is 9.63. The Labute approximate surface area is 179 Å². The zero-order valence-electron chi connectivity index (χ0n) is 17.6. The van der Waals surface area contributed by atoms with Crippen molar-refractivity contribution in [3.8, 4) is 0 Å². The predicted octanol–water partition coefficient (Wildman–Crippen LogP) is 4.84. The van der Waals surface area contributed by atoms with Crippen LogP contribution < -0.4 is 5.73 Å². The summed E-state index contributed by atoms with van der Waals surface area (Å²) in [7, 11) is 0. The normalized spacial score (nSPS) is 43.3. The van der Waals surface area contributed by atoms with Crippen molar-refractivity contribution in [3.63, 3.8) is 0 Å². The lowest BCUT2D eigenvalue weighted by Gasteiger charge is -2.42. The SMILES string of the molecule is CSC1C2CC3(c4ccccc4)CC1C(C(=O)N=CC1CCC(CN)CC1)(C2)C3. The van der Waals surface area contributed by atoms with Crippen LogP contribution in [0.25, 0.3) is 0 Å². The molecule has 5 saturated carbocycles. The van der Waals surface area contributed by atoms with Gasteiger partial charge in [-0.2, -0.15) is 11.8 Å². The Morgan fingerprint density at radius 2 is 1.93 bits per heavy atom. The van der Waals surface area contributed by atoms with Gasteiger partial charge < -0.3 is 5.73 Å². The highest BCUT2D eigenvalue weighted by molar-refractivity contribution is 7.99. The molecule has 4 bridgehead atoms. The molecule has 6 rings (SSSR count). The molecule has 5 unspecified atom stereocenters. The van der Waals surface area contributed by atoms with E-state index in [1.165, 1.54) is 31.2 Å². The Balaban J connectivity index is 1.38. The highest BCUT2D eigenvalue weighted by Gasteiger charge is 2.70. The first-order chi connectivity index (χ1) is 14.1. The first kappa shape index (κ1) is 19.8. The maximum absolute atomic E-state index is 13.6. The smallest absolute Gasteiger partial charge is 0.251 e. The third kappa shape index (κ3) is 3.13. The van der Waals surface area contributed by atoms with Crippen molar-refractivity contribution in [3.05, 3.63) is 35.9 Å². The summed E-state index contributed by atoms with van der Waals surface area (Å²) in [6.45, 7) is 0.798. The number of carbonyl (C=O) groups is 1. The van der Waals surface area contributed by atoms with Gasteiger partial charge in [-0.25, -0.2) is 4.99 Å². The first-order valence-corrected chi connectivity index (χ1v) is 12.8. The maximum Gasteiger partial charge on any atom is 0.251 e. The average molecular weight is 411 g/mol. The van der Waals surface area contributed by atoms with E-state index in [9.17, 15) is 4.79 Å². The number of aliphatic imine (C=N–C) groups is 1. The van der Waals surface area contributed by atoms with Gasteiger partial charge in [0.2, 0.25) is 0 Å². The fraction of sp³-hybridized carbons (Fsp3) is 0.680. The summed E-state index contributed by atoms with van der Waals surface area (Å²) >= 11 is 2.00. The van der Waals surface area contributed by atoms with E-state index >= 15 is 0 Å².